The summed E-state index contributed by atoms with van der Waals surface area (Å²) in [4.78, 5) is 16.9. The van der Waals surface area contributed by atoms with E-state index in [1.54, 1.807) is 0 Å². The molecule has 3 rings (SSSR count). The highest BCUT2D eigenvalue weighted by Gasteiger charge is 2.28. The normalized spacial score (nSPS) is 19.6. The van der Waals surface area contributed by atoms with Gasteiger partial charge in [0.05, 0.1) is 6.54 Å². The summed E-state index contributed by atoms with van der Waals surface area (Å²) in [5.74, 6) is 3.59. The molecule has 6 heteroatoms. The SMILES string of the molecule is CCn1c(CN2CCCC2)nnc1C1CCN(C(=O)CCC(C)C)CC1. The summed E-state index contributed by atoms with van der Waals surface area (Å²) in [7, 11) is 0. The fourth-order valence-electron chi connectivity index (χ4n) is 4.21. The van der Waals surface area contributed by atoms with Crippen LogP contribution in [-0.2, 0) is 17.9 Å². The Balaban J connectivity index is 1.57. The lowest BCUT2D eigenvalue weighted by molar-refractivity contribution is -0.132. The Morgan fingerprint density at radius 2 is 1.81 bits per heavy atom. The van der Waals surface area contributed by atoms with Crippen molar-refractivity contribution in [1.82, 2.24) is 24.6 Å². The van der Waals surface area contributed by atoms with Gasteiger partial charge in [-0.3, -0.25) is 9.69 Å². The van der Waals surface area contributed by atoms with Gasteiger partial charge < -0.3 is 9.47 Å². The first-order valence-electron chi connectivity index (χ1n) is 10.5. The molecular formula is C20H35N5O. The van der Waals surface area contributed by atoms with Gasteiger partial charge in [-0.25, -0.2) is 0 Å². The fraction of sp³-hybridized carbons (Fsp3) is 0.850. The van der Waals surface area contributed by atoms with Crippen molar-refractivity contribution in [2.24, 2.45) is 5.92 Å². The molecule has 1 aromatic heterocycles. The number of carbonyl (C=O) groups excluding carboxylic acids is 1. The Morgan fingerprint density at radius 1 is 1.12 bits per heavy atom. The predicted molar refractivity (Wildman–Crippen MR) is 103 cm³/mol. The largest absolute Gasteiger partial charge is 0.343 e. The lowest BCUT2D eigenvalue weighted by Crippen LogP contribution is -2.38. The molecule has 2 fully saturated rings. The second-order valence-electron chi connectivity index (χ2n) is 8.29. The predicted octanol–water partition coefficient (Wildman–Crippen LogP) is 3.04. The molecule has 2 saturated heterocycles. The zero-order valence-electron chi connectivity index (χ0n) is 16.8. The van der Waals surface area contributed by atoms with E-state index in [1.165, 1.54) is 25.9 Å². The van der Waals surface area contributed by atoms with Crippen molar-refractivity contribution in [1.29, 1.82) is 0 Å². The van der Waals surface area contributed by atoms with Crippen LogP contribution in [0.5, 0.6) is 0 Å². The van der Waals surface area contributed by atoms with Crippen molar-refractivity contribution in [3.05, 3.63) is 11.6 Å². The quantitative estimate of drug-likeness (QED) is 0.749. The van der Waals surface area contributed by atoms with E-state index in [4.69, 9.17) is 0 Å². The molecule has 1 amide bonds. The first kappa shape index (κ1) is 19.3. The highest BCUT2D eigenvalue weighted by molar-refractivity contribution is 5.76. The maximum Gasteiger partial charge on any atom is 0.222 e. The van der Waals surface area contributed by atoms with Crippen LogP contribution in [0.4, 0.5) is 0 Å². The van der Waals surface area contributed by atoms with E-state index in [-0.39, 0.29) is 0 Å². The van der Waals surface area contributed by atoms with Crippen LogP contribution in [0.2, 0.25) is 0 Å². The summed E-state index contributed by atoms with van der Waals surface area (Å²) in [6.45, 7) is 12.5. The number of rotatable bonds is 7. The lowest BCUT2D eigenvalue weighted by Gasteiger charge is -2.32. The second kappa shape index (κ2) is 8.98. The monoisotopic (exact) mass is 361 g/mol. The highest BCUT2D eigenvalue weighted by Crippen LogP contribution is 2.28. The van der Waals surface area contributed by atoms with Gasteiger partial charge in [-0.05, 0) is 58.0 Å². The summed E-state index contributed by atoms with van der Waals surface area (Å²) in [6, 6.07) is 0. The minimum atomic E-state index is 0.323. The number of amides is 1. The maximum absolute atomic E-state index is 12.4. The van der Waals surface area contributed by atoms with Crippen LogP contribution < -0.4 is 0 Å². The molecule has 2 aliphatic heterocycles. The van der Waals surface area contributed by atoms with E-state index in [0.717, 1.165) is 57.1 Å². The van der Waals surface area contributed by atoms with Gasteiger partial charge in [-0.15, -0.1) is 10.2 Å². The van der Waals surface area contributed by atoms with Crippen LogP contribution in [0.25, 0.3) is 0 Å². The topological polar surface area (TPSA) is 54.3 Å². The van der Waals surface area contributed by atoms with Crippen LogP contribution >= 0.6 is 0 Å². The van der Waals surface area contributed by atoms with Gasteiger partial charge in [0.25, 0.3) is 0 Å². The minimum Gasteiger partial charge on any atom is -0.343 e. The molecule has 0 aliphatic carbocycles. The van der Waals surface area contributed by atoms with Crippen LogP contribution in [0, 0.1) is 5.92 Å². The van der Waals surface area contributed by atoms with Gasteiger partial charge in [0, 0.05) is 32.0 Å². The van der Waals surface area contributed by atoms with Crippen LogP contribution in [-0.4, -0.2) is 56.7 Å². The molecule has 0 aromatic carbocycles. The van der Waals surface area contributed by atoms with Gasteiger partial charge in [-0.2, -0.15) is 0 Å². The van der Waals surface area contributed by atoms with E-state index >= 15 is 0 Å². The zero-order chi connectivity index (χ0) is 18.5. The van der Waals surface area contributed by atoms with Crippen molar-refractivity contribution in [3.63, 3.8) is 0 Å². The molecule has 0 saturated carbocycles. The molecule has 146 valence electrons. The number of piperidine rings is 1. The summed E-state index contributed by atoms with van der Waals surface area (Å²) < 4.78 is 2.32. The number of likely N-dealkylation sites (tertiary alicyclic amines) is 2. The Hall–Kier alpha value is -1.43. The van der Waals surface area contributed by atoms with Gasteiger partial charge >= 0.3 is 0 Å². The molecule has 0 N–H and O–H groups in total. The van der Waals surface area contributed by atoms with Crippen molar-refractivity contribution in [3.8, 4) is 0 Å². The Labute approximate surface area is 157 Å². The van der Waals surface area contributed by atoms with Crippen LogP contribution in [0.3, 0.4) is 0 Å². The molecule has 0 bridgehead atoms. The summed E-state index contributed by atoms with van der Waals surface area (Å²) in [5, 5.41) is 9.08. The lowest BCUT2D eigenvalue weighted by atomic mass is 9.95. The Morgan fingerprint density at radius 3 is 2.42 bits per heavy atom. The minimum absolute atomic E-state index is 0.323. The number of hydrogen-bond donors (Lipinski definition) is 0. The zero-order valence-corrected chi connectivity index (χ0v) is 16.8. The highest BCUT2D eigenvalue weighted by atomic mass is 16.2. The average Bonchev–Trinajstić information content (AvgIpc) is 3.29. The van der Waals surface area contributed by atoms with Crippen LogP contribution in [0.1, 0.15) is 76.9 Å². The molecule has 0 radical (unpaired) electrons. The number of aromatic nitrogens is 3. The Kier molecular flexibility index (Phi) is 6.68. The first-order valence-corrected chi connectivity index (χ1v) is 10.5. The van der Waals surface area contributed by atoms with E-state index in [9.17, 15) is 4.79 Å². The Bertz CT molecular complexity index is 583. The molecule has 0 unspecified atom stereocenters. The summed E-state index contributed by atoms with van der Waals surface area (Å²) in [6.07, 6.45) is 6.30. The third-order valence-electron chi connectivity index (χ3n) is 5.88. The van der Waals surface area contributed by atoms with Crippen molar-refractivity contribution >= 4 is 5.91 Å². The van der Waals surface area contributed by atoms with Gasteiger partial charge in [0.1, 0.15) is 11.6 Å². The van der Waals surface area contributed by atoms with E-state index < -0.39 is 0 Å². The van der Waals surface area contributed by atoms with Crippen molar-refractivity contribution in [2.75, 3.05) is 26.2 Å². The number of hydrogen-bond acceptors (Lipinski definition) is 4. The van der Waals surface area contributed by atoms with E-state index in [1.807, 2.05) is 0 Å². The molecule has 2 aliphatic rings. The average molecular weight is 362 g/mol. The third kappa shape index (κ3) is 4.64. The molecule has 6 nitrogen and oxygen atoms in total. The summed E-state index contributed by atoms with van der Waals surface area (Å²) in [5.41, 5.74) is 0. The van der Waals surface area contributed by atoms with Crippen LogP contribution in [0.15, 0.2) is 0 Å². The van der Waals surface area contributed by atoms with Gasteiger partial charge in [0.2, 0.25) is 5.91 Å². The number of nitrogens with zero attached hydrogens (tertiary/aromatic N) is 5. The maximum atomic E-state index is 12.4. The van der Waals surface area contributed by atoms with Gasteiger partial charge in [-0.1, -0.05) is 13.8 Å². The standard InChI is InChI=1S/C20H35N5O/c1-4-25-18(15-23-11-5-6-12-23)21-22-20(25)17-9-13-24(14-10-17)19(26)8-7-16(2)3/h16-17H,4-15H2,1-3H3. The third-order valence-corrected chi connectivity index (χ3v) is 5.88. The molecule has 0 atom stereocenters. The molecule has 26 heavy (non-hydrogen) atoms. The van der Waals surface area contributed by atoms with E-state index in [0.29, 0.717) is 24.2 Å². The van der Waals surface area contributed by atoms with E-state index in [2.05, 4.69) is 45.3 Å². The second-order valence-corrected chi connectivity index (χ2v) is 8.29. The van der Waals surface area contributed by atoms with Crippen molar-refractivity contribution in [2.45, 2.75) is 78.3 Å². The molecule has 1 aromatic rings. The number of carbonyl (C=O) groups is 1. The molecular weight excluding hydrogens is 326 g/mol. The first-order chi connectivity index (χ1) is 12.6. The fourth-order valence-corrected chi connectivity index (χ4v) is 4.21. The van der Waals surface area contributed by atoms with Gasteiger partial charge in [0.15, 0.2) is 0 Å². The van der Waals surface area contributed by atoms with Crippen molar-refractivity contribution < 1.29 is 4.79 Å². The summed E-state index contributed by atoms with van der Waals surface area (Å²) >= 11 is 0. The molecule has 0 spiro atoms. The smallest absolute Gasteiger partial charge is 0.222 e. The molecule has 3 heterocycles.